The molecular weight excluding hydrogens is 367 g/mol. The average molecular weight is 386 g/mol. The summed E-state index contributed by atoms with van der Waals surface area (Å²) in [4.78, 5) is 4.65. The predicted molar refractivity (Wildman–Crippen MR) is 101 cm³/mol. The van der Waals surface area contributed by atoms with Gasteiger partial charge in [0, 0.05) is 0 Å². The Kier molecular flexibility index (Phi) is 7.40. The number of hydrogen-bond acceptors (Lipinski definition) is 3. The van der Waals surface area contributed by atoms with E-state index in [9.17, 15) is 0 Å². The first-order chi connectivity index (χ1) is 12.2. The third kappa shape index (κ3) is 5.45. The molecule has 1 radical (unpaired) electrons. The first kappa shape index (κ1) is 19.7. The Hall–Kier alpha value is -2.62. The van der Waals surface area contributed by atoms with Crippen molar-refractivity contribution in [3.8, 4) is 22.5 Å². The van der Waals surface area contributed by atoms with Crippen LogP contribution in [-0.4, -0.2) is 29.1 Å². The van der Waals surface area contributed by atoms with Gasteiger partial charge in [0.2, 0.25) is 0 Å². The van der Waals surface area contributed by atoms with Crippen molar-refractivity contribution in [1.82, 2.24) is 15.0 Å². The number of hydrogen-bond donors (Lipinski definition) is 0. The van der Waals surface area contributed by atoms with Crippen LogP contribution >= 0.6 is 0 Å². The minimum atomic E-state index is 0. The van der Waals surface area contributed by atoms with E-state index in [1.165, 1.54) is 0 Å². The number of aromatic nitrogens is 1. The monoisotopic (exact) mass is 385 g/mol. The predicted octanol–water partition coefficient (Wildman–Crippen LogP) is 4.55. The van der Waals surface area contributed by atoms with Gasteiger partial charge in [-0.15, -0.1) is 71.8 Å². The second-order valence-corrected chi connectivity index (χ2v) is 5.50. The quantitative estimate of drug-likeness (QED) is 0.479. The fourth-order valence-corrected chi connectivity index (χ4v) is 2.32. The van der Waals surface area contributed by atoms with Crippen molar-refractivity contribution in [3.05, 3.63) is 96.8 Å². The summed E-state index contributed by atoms with van der Waals surface area (Å²) in [5.74, 6) is 0. The molecule has 0 bridgehead atoms. The van der Waals surface area contributed by atoms with E-state index in [2.05, 4.69) is 22.7 Å². The second-order valence-electron chi connectivity index (χ2n) is 5.50. The first-order valence-corrected chi connectivity index (χ1v) is 7.99. The molecule has 0 saturated heterocycles. The van der Waals surface area contributed by atoms with Gasteiger partial charge < -0.3 is 20.5 Å². The van der Waals surface area contributed by atoms with Gasteiger partial charge in [0.25, 0.3) is 0 Å². The van der Waals surface area contributed by atoms with Crippen LogP contribution < -0.4 is 0 Å². The minimum absolute atomic E-state index is 0. The van der Waals surface area contributed by atoms with E-state index in [0.29, 0.717) is 0 Å². The zero-order chi connectivity index (χ0) is 17.5. The molecule has 0 amide bonds. The molecule has 0 spiro atoms. The van der Waals surface area contributed by atoms with E-state index < -0.39 is 0 Å². The van der Waals surface area contributed by atoms with Crippen LogP contribution in [0.2, 0.25) is 0 Å². The summed E-state index contributed by atoms with van der Waals surface area (Å²) < 4.78 is 0. The van der Waals surface area contributed by atoms with Crippen molar-refractivity contribution in [2.24, 2.45) is 0 Å². The second kappa shape index (κ2) is 9.76. The topological polar surface area (TPSA) is 33.5 Å². The Morgan fingerprint density at radius 3 is 1.58 bits per heavy atom. The third-order valence-electron chi connectivity index (χ3n) is 3.50. The molecule has 1 aromatic heterocycles. The van der Waals surface area contributed by atoms with Crippen molar-refractivity contribution in [2.75, 3.05) is 14.1 Å². The van der Waals surface area contributed by atoms with Gasteiger partial charge in [-0.2, -0.15) is 0 Å². The van der Waals surface area contributed by atoms with Crippen LogP contribution in [-0.2, 0) is 16.5 Å². The zero-order valence-electron chi connectivity index (χ0n) is 14.6. The average Bonchev–Trinajstić information content (AvgIpc) is 3.06. The SMILES string of the molecule is CN1C=CN(C)[N-]1.[Ni+3].[c-]1ccccc1-c1cccc(-c2[c-]cccc2)n1. The summed E-state index contributed by atoms with van der Waals surface area (Å²) in [6.45, 7) is 0. The zero-order valence-corrected chi connectivity index (χ0v) is 15.6. The fraction of sp³-hybridized carbons (Fsp3) is 0.0952. The van der Waals surface area contributed by atoms with Crippen molar-refractivity contribution in [1.29, 1.82) is 0 Å². The summed E-state index contributed by atoms with van der Waals surface area (Å²) in [5, 5.41) is 3.50. The summed E-state index contributed by atoms with van der Waals surface area (Å²) in [5.41, 5.74) is 7.83. The Morgan fingerprint density at radius 1 is 0.731 bits per heavy atom. The molecule has 1 aliphatic rings. The van der Waals surface area contributed by atoms with Gasteiger partial charge >= 0.3 is 16.5 Å². The summed E-state index contributed by atoms with van der Waals surface area (Å²) in [6, 6.07) is 28.1. The van der Waals surface area contributed by atoms with Gasteiger partial charge in [-0.3, -0.25) is 0 Å². The molecule has 26 heavy (non-hydrogen) atoms. The van der Waals surface area contributed by atoms with Gasteiger partial charge in [0.1, 0.15) is 0 Å². The van der Waals surface area contributed by atoms with Gasteiger partial charge in [0.05, 0.1) is 0 Å². The molecule has 0 aliphatic carbocycles. The molecule has 0 unspecified atom stereocenters. The molecule has 3 aromatic rings. The molecule has 0 atom stereocenters. The van der Waals surface area contributed by atoms with E-state index in [1.807, 2.05) is 93.2 Å². The molecule has 0 N–H and O–H groups in total. The molecule has 0 fully saturated rings. The van der Waals surface area contributed by atoms with Crippen molar-refractivity contribution >= 4 is 0 Å². The summed E-state index contributed by atoms with van der Waals surface area (Å²) in [7, 11) is 3.78. The van der Waals surface area contributed by atoms with Crippen LogP contribution in [0.5, 0.6) is 0 Å². The Balaban J connectivity index is 0.000000258. The number of rotatable bonds is 2. The van der Waals surface area contributed by atoms with Crippen molar-refractivity contribution in [2.45, 2.75) is 0 Å². The van der Waals surface area contributed by atoms with Crippen molar-refractivity contribution in [3.63, 3.8) is 0 Å². The van der Waals surface area contributed by atoms with E-state index in [0.717, 1.165) is 22.5 Å². The Labute approximate surface area is 165 Å². The van der Waals surface area contributed by atoms with Gasteiger partial charge in [-0.25, -0.2) is 0 Å². The van der Waals surface area contributed by atoms with Gasteiger partial charge in [-0.05, 0) is 37.9 Å². The Bertz CT molecular complexity index is 757. The summed E-state index contributed by atoms with van der Waals surface area (Å²) in [6.07, 6.45) is 3.78. The third-order valence-corrected chi connectivity index (χ3v) is 3.50. The fourth-order valence-electron chi connectivity index (χ4n) is 2.32. The van der Waals surface area contributed by atoms with Crippen LogP contribution in [0.15, 0.2) is 79.1 Å². The number of pyridine rings is 1. The van der Waals surface area contributed by atoms with E-state index in [1.54, 1.807) is 10.0 Å². The van der Waals surface area contributed by atoms with Crippen LogP contribution in [0.3, 0.4) is 0 Å². The molecule has 5 heteroatoms. The molecule has 2 aromatic carbocycles. The Morgan fingerprint density at radius 2 is 1.23 bits per heavy atom. The first-order valence-electron chi connectivity index (χ1n) is 7.99. The van der Waals surface area contributed by atoms with Crippen molar-refractivity contribution < 1.29 is 16.5 Å². The standard InChI is InChI=1S/C17H11N.C4H8N3.Ni/c1-3-8-14(9-4-1)16-12-7-13-17(18-16)15-10-5-2-6-11-15;1-6-3-4-7(2)5-6;/h1-8,10,12-13H;3-4H,1-2H3;/q-2;-1;+3. The molecule has 2 heterocycles. The minimum Gasteiger partial charge on any atom is -0.476 e. The van der Waals surface area contributed by atoms with Crippen LogP contribution in [0.25, 0.3) is 28.0 Å². The molecule has 1 aliphatic heterocycles. The normalized spacial score (nSPS) is 12.2. The smallest absolute Gasteiger partial charge is 0.476 e. The van der Waals surface area contributed by atoms with E-state index in [4.69, 9.17) is 0 Å². The van der Waals surface area contributed by atoms with Crippen LogP contribution in [0.1, 0.15) is 0 Å². The van der Waals surface area contributed by atoms with Gasteiger partial charge in [-0.1, -0.05) is 18.2 Å². The van der Waals surface area contributed by atoms with Crippen LogP contribution in [0.4, 0.5) is 0 Å². The molecule has 0 saturated carbocycles. The maximum absolute atomic E-state index is 4.65. The number of nitrogens with zero attached hydrogens (tertiary/aromatic N) is 4. The van der Waals surface area contributed by atoms with E-state index >= 15 is 0 Å². The van der Waals surface area contributed by atoms with Crippen LogP contribution in [0, 0.1) is 12.1 Å². The largest absolute Gasteiger partial charge is 3.00 e. The maximum atomic E-state index is 4.65. The molecule has 4 rings (SSSR count). The molecule has 133 valence electrons. The van der Waals surface area contributed by atoms with Gasteiger partial charge in [0.15, 0.2) is 0 Å². The summed E-state index contributed by atoms with van der Waals surface area (Å²) >= 11 is 0. The maximum Gasteiger partial charge on any atom is 3.00 e. The van der Waals surface area contributed by atoms with E-state index in [-0.39, 0.29) is 16.5 Å². The number of benzene rings is 2. The molecular formula is C21H19N4Ni. The molecule has 4 nitrogen and oxygen atoms in total.